The first kappa shape index (κ1) is 19.9. The van der Waals surface area contributed by atoms with E-state index in [0.29, 0.717) is 25.4 Å². The molecule has 3 heterocycles. The van der Waals surface area contributed by atoms with Crippen LogP contribution in [0.15, 0.2) is 24.3 Å². The minimum absolute atomic E-state index is 0.101. The van der Waals surface area contributed by atoms with E-state index in [2.05, 4.69) is 43.0 Å². The Labute approximate surface area is 168 Å². The predicted octanol–water partition coefficient (Wildman–Crippen LogP) is 2.92. The van der Waals surface area contributed by atoms with Crippen LogP contribution in [-0.2, 0) is 16.1 Å². The summed E-state index contributed by atoms with van der Waals surface area (Å²) in [5.74, 6) is 0.400. The van der Waals surface area contributed by atoms with E-state index in [-0.39, 0.29) is 11.5 Å². The highest BCUT2D eigenvalue weighted by Gasteiger charge is 2.46. The molecule has 0 unspecified atom stereocenters. The number of hydrogen-bond acceptors (Lipinski definition) is 4. The number of carbonyl (C=O) groups is 1. The Morgan fingerprint density at radius 2 is 1.75 bits per heavy atom. The van der Waals surface area contributed by atoms with Crippen LogP contribution in [0.5, 0.6) is 0 Å². The number of β-amino-alcohol motifs (C(OH)–C–C–N with tert-alkyl or cyclic N) is 1. The summed E-state index contributed by atoms with van der Waals surface area (Å²) in [6.45, 7) is 8.82. The lowest BCUT2D eigenvalue weighted by atomic mass is 9.83. The number of amides is 1. The molecule has 28 heavy (non-hydrogen) atoms. The fourth-order valence-corrected chi connectivity index (χ4v) is 4.86. The molecule has 3 saturated heterocycles. The van der Waals surface area contributed by atoms with Crippen LogP contribution in [-0.4, -0.2) is 64.8 Å². The lowest BCUT2D eigenvalue weighted by molar-refractivity contribution is -0.180. The monoisotopic (exact) mass is 386 g/mol. The number of carbonyl (C=O) groups excluding carboxylic acids is 1. The molecule has 1 aromatic rings. The maximum absolute atomic E-state index is 13.1. The summed E-state index contributed by atoms with van der Waals surface area (Å²) in [6.07, 6.45) is 4.61. The van der Waals surface area contributed by atoms with Crippen molar-refractivity contribution in [1.29, 1.82) is 0 Å². The second kappa shape index (κ2) is 7.77. The number of nitrogens with zero attached hydrogens (tertiary/aromatic N) is 2. The number of aliphatic hydroxyl groups is 1. The number of hydrogen-bond donors (Lipinski definition) is 1. The van der Waals surface area contributed by atoms with Gasteiger partial charge in [-0.05, 0) is 49.1 Å². The highest BCUT2D eigenvalue weighted by Crippen LogP contribution is 2.37. The van der Waals surface area contributed by atoms with E-state index in [4.69, 9.17) is 4.74 Å². The third kappa shape index (κ3) is 3.98. The molecule has 0 saturated carbocycles. The lowest BCUT2D eigenvalue weighted by Crippen LogP contribution is -2.60. The summed E-state index contributed by atoms with van der Waals surface area (Å²) >= 11 is 0. The number of likely N-dealkylation sites (tertiary alicyclic amines) is 2. The molecular weight excluding hydrogens is 352 g/mol. The molecule has 5 heteroatoms. The van der Waals surface area contributed by atoms with Crippen molar-refractivity contribution in [3.05, 3.63) is 35.4 Å². The van der Waals surface area contributed by atoms with E-state index in [1.165, 1.54) is 5.56 Å². The highest BCUT2D eigenvalue weighted by molar-refractivity contribution is 5.86. The number of benzene rings is 1. The van der Waals surface area contributed by atoms with E-state index < -0.39 is 5.60 Å². The van der Waals surface area contributed by atoms with Gasteiger partial charge in [-0.3, -0.25) is 9.69 Å². The lowest BCUT2D eigenvalue weighted by Gasteiger charge is -2.49. The highest BCUT2D eigenvalue weighted by atomic mass is 16.5. The molecule has 0 aromatic heterocycles. The van der Waals surface area contributed by atoms with Gasteiger partial charge in [0, 0.05) is 32.7 Å². The summed E-state index contributed by atoms with van der Waals surface area (Å²) in [5, 5.41) is 11.2. The third-order valence-electron chi connectivity index (χ3n) is 6.94. The molecule has 5 nitrogen and oxygen atoms in total. The van der Waals surface area contributed by atoms with Crippen molar-refractivity contribution in [3.63, 3.8) is 0 Å². The summed E-state index contributed by atoms with van der Waals surface area (Å²) in [6, 6.07) is 8.51. The van der Waals surface area contributed by atoms with Crippen molar-refractivity contribution in [3.8, 4) is 0 Å². The average Bonchev–Trinajstić information content (AvgIpc) is 2.65. The zero-order chi connectivity index (χ0) is 19.8. The smallest absolute Gasteiger partial charge is 0.256 e. The molecular formula is C23H34N2O3. The van der Waals surface area contributed by atoms with Gasteiger partial charge >= 0.3 is 0 Å². The minimum atomic E-state index is -1.25. The van der Waals surface area contributed by atoms with Crippen LogP contribution in [0.25, 0.3) is 0 Å². The molecule has 1 aromatic carbocycles. The number of piperidine rings is 2. The van der Waals surface area contributed by atoms with Gasteiger partial charge < -0.3 is 14.7 Å². The SMILES string of the molecule is CC(C)c1ccc(CN2CCC[C@](O)(CN3CCC4(CCO4)CC3)C2=O)cc1. The van der Waals surface area contributed by atoms with Crippen molar-refractivity contribution >= 4 is 5.91 Å². The van der Waals surface area contributed by atoms with Gasteiger partial charge in [-0.2, -0.15) is 0 Å². The predicted molar refractivity (Wildman–Crippen MR) is 109 cm³/mol. The van der Waals surface area contributed by atoms with Gasteiger partial charge in [-0.25, -0.2) is 0 Å². The Morgan fingerprint density at radius 3 is 2.32 bits per heavy atom. The van der Waals surface area contributed by atoms with Gasteiger partial charge in [-0.15, -0.1) is 0 Å². The van der Waals surface area contributed by atoms with Crippen molar-refractivity contribution < 1.29 is 14.6 Å². The Morgan fingerprint density at radius 1 is 1.07 bits per heavy atom. The zero-order valence-electron chi connectivity index (χ0n) is 17.3. The summed E-state index contributed by atoms with van der Waals surface area (Å²) < 4.78 is 5.79. The van der Waals surface area contributed by atoms with Gasteiger partial charge in [0.1, 0.15) is 0 Å². The first-order chi connectivity index (χ1) is 13.4. The van der Waals surface area contributed by atoms with E-state index in [0.717, 1.165) is 57.5 Å². The molecule has 3 fully saturated rings. The summed E-state index contributed by atoms with van der Waals surface area (Å²) in [4.78, 5) is 17.2. The zero-order valence-corrected chi connectivity index (χ0v) is 17.3. The summed E-state index contributed by atoms with van der Waals surface area (Å²) in [7, 11) is 0. The van der Waals surface area contributed by atoms with Crippen LogP contribution in [0.1, 0.15) is 63.0 Å². The molecule has 3 aliphatic rings. The van der Waals surface area contributed by atoms with Crippen LogP contribution >= 0.6 is 0 Å². The number of ether oxygens (including phenoxy) is 1. The van der Waals surface area contributed by atoms with Crippen LogP contribution in [0, 0.1) is 0 Å². The molecule has 0 aliphatic carbocycles. The second-order valence-corrected chi connectivity index (χ2v) is 9.32. The molecule has 4 rings (SSSR count). The van der Waals surface area contributed by atoms with Gasteiger partial charge in [0.15, 0.2) is 5.60 Å². The van der Waals surface area contributed by atoms with Crippen LogP contribution in [0.2, 0.25) is 0 Å². The molecule has 1 N–H and O–H groups in total. The topological polar surface area (TPSA) is 53.0 Å². The molecule has 1 atom stereocenters. The van der Waals surface area contributed by atoms with Gasteiger partial charge in [0.05, 0.1) is 12.2 Å². The Bertz CT molecular complexity index is 688. The molecule has 1 spiro atoms. The quantitative estimate of drug-likeness (QED) is 0.845. The maximum Gasteiger partial charge on any atom is 0.256 e. The van der Waals surface area contributed by atoms with E-state index in [9.17, 15) is 9.90 Å². The standard InChI is InChI=1S/C23H34N2O3/c1-18(2)20-6-4-19(5-7-20)16-25-12-3-8-23(27,21(25)26)17-24-13-9-22(10-14-24)11-15-28-22/h4-7,18,27H,3,8-17H2,1-2H3/t23-/m0/s1. The molecule has 3 aliphatic heterocycles. The normalized spacial score (nSPS) is 28.0. The minimum Gasteiger partial charge on any atom is -0.379 e. The molecule has 0 bridgehead atoms. The van der Waals surface area contributed by atoms with E-state index in [1.807, 2.05) is 4.90 Å². The van der Waals surface area contributed by atoms with Crippen molar-refractivity contribution in [2.75, 3.05) is 32.8 Å². The Balaban J connectivity index is 1.36. The fraction of sp³-hybridized carbons (Fsp3) is 0.696. The van der Waals surface area contributed by atoms with Gasteiger partial charge in [0.25, 0.3) is 5.91 Å². The molecule has 154 valence electrons. The van der Waals surface area contributed by atoms with Gasteiger partial charge in [-0.1, -0.05) is 38.1 Å². The summed E-state index contributed by atoms with van der Waals surface area (Å²) in [5.41, 5.74) is 1.29. The van der Waals surface area contributed by atoms with Crippen molar-refractivity contribution in [1.82, 2.24) is 9.80 Å². The van der Waals surface area contributed by atoms with E-state index in [1.54, 1.807) is 0 Å². The van der Waals surface area contributed by atoms with Crippen molar-refractivity contribution in [2.24, 2.45) is 0 Å². The Hall–Kier alpha value is -1.43. The van der Waals surface area contributed by atoms with E-state index >= 15 is 0 Å². The average molecular weight is 387 g/mol. The fourth-order valence-electron chi connectivity index (χ4n) is 4.86. The molecule has 1 amide bonds. The van der Waals surface area contributed by atoms with Gasteiger partial charge in [0.2, 0.25) is 0 Å². The third-order valence-corrected chi connectivity index (χ3v) is 6.94. The van der Waals surface area contributed by atoms with Crippen LogP contribution in [0.3, 0.4) is 0 Å². The largest absolute Gasteiger partial charge is 0.379 e. The first-order valence-electron chi connectivity index (χ1n) is 10.9. The van der Waals surface area contributed by atoms with Crippen molar-refractivity contribution in [2.45, 2.75) is 69.6 Å². The molecule has 0 radical (unpaired) electrons. The maximum atomic E-state index is 13.1. The van der Waals surface area contributed by atoms with Crippen LogP contribution in [0.4, 0.5) is 0 Å². The first-order valence-corrected chi connectivity index (χ1v) is 10.9. The Kier molecular flexibility index (Phi) is 5.51. The number of rotatable bonds is 5. The second-order valence-electron chi connectivity index (χ2n) is 9.32. The van der Waals surface area contributed by atoms with Crippen LogP contribution < -0.4 is 0 Å².